The Kier molecular flexibility index (Phi) is 15.7. The molecule has 0 bridgehead atoms. The van der Waals surface area contributed by atoms with Crippen molar-refractivity contribution in [2.45, 2.75) is 83.0 Å². The van der Waals surface area contributed by atoms with Crippen LogP contribution in [-0.2, 0) is 14.3 Å². The molecule has 0 heterocycles. The second kappa shape index (κ2) is 19.5. The fourth-order valence-electron chi connectivity index (χ4n) is 5.69. The second-order valence-corrected chi connectivity index (χ2v) is 17.0. The van der Waals surface area contributed by atoms with Gasteiger partial charge in [0.25, 0.3) is 10.1 Å². The van der Waals surface area contributed by atoms with Crippen molar-refractivity contribution in [3.05, 3.63) is 121 Å². The Morgan fingerprint density at radius 3 is 1.21 bits per heavy atom. The molecule has 0 radical (unpaired) electrons. The zero-order valence-corrected chi connectivity index (χ0v) is 28.0. The molecule has 0 saturated carbocycles. The van der Waals surface area contributed by atoms with Gasteiger partial charge in [0.15, 0.2) is 0 Å². The van der Waals surface area contributed by atoms with Gasteiger partial charge in [-0.2, -0.15) is 8.42 Å². The van der Waals surface area contributed by atoms with Crippen molar-refractivity contribution in [1.29, 1.82) is 0 Å². The first kappa shape index (κ1) is 34.7. The topological polar surface area (TPSA) is 43.4 Å². The average Bonchev–Trinajstić information content (AvgIpc) is 3.06. The molecule has 0 unspecified atom stereocenters. The van der Waals surface area contributed by atoms with Gasteiger partial charge < -0.3 is 0 Å². The summed E-state index contributed by atoms with van der Waals surface area (Å²) in [5.74, 6) is 0. The van der Waals surface area contributed by atoms with Gasteiger partial charge in [0.2, 0.25) is 0 Å². The molecule has 4 aromatic rings. The van der Waals surface area contributed by atoms with Crippen LogP contribution in [0.4, 0.5) is 0 Å². The summed E-state index contributed by atoms with van der Waals surface area (Å²) in [6, 6.07) is 41.4. The van der Waals surface area contributed by atoms with Crippen molar-refractivity contribution < 1.29 is 12.6 Å². The summed E-state index contributed by atoms with van der Waals surface area (Å²) in [7, 11) is -5.47. The van der Waals surface area contributed by atoms with Crippen LogP contribution in [0.25, 0.3) is 0 Å². The molecule has 0 fully saturated rings. The zero-order valence-electron chi connectivity index (χ0n) is 26.2. The third-order valence-corrected chi connectivity index (χ3v) is 14.4. The zero-order chi connectivity index (χ0) is 30.6. The van der Waals surface area contributed by atoms with Crippen molar-refractivity contribution in [1.82, 2.24) is 0 Å². The molecule has 0 aromatic heterocycles. The standard InChI is InChI=1S/C20H21P.C18H30O3S/c1-2-21(18-12-6-3-7-13-18,19-14-8-4-9-15-19)20-16-10-5-11-17-20;1-2-3-4-5-6-7-8-9-10-14-17-21-22(19,20)18-15-12-11-13-16-18/h3-17,21H,2H2,1H3;11-13,15-16H,2-10,14,17H2,1H3. The first-order valence-electron chi connectivity index (χ1n) is 16.2. The molecule has 0 saturated heterocycles. The van der Waals surface area contributed by atoms with Gasteiger partial charge in [0, 0.05) is 0 Å². The predicted molar refractivity (Wildman–Crippen MR) is 189 cm³/mol. The van der Waals surface area contributed by atoms with Crippen LogP contribution in [0.1, 0.15) is 78.1 Å². The molecule has 5 heteroatoms. The average molecular weight is 619 g/mol. The molecule has 232 valence electrons. The van der Waals surface area contributed by atoms with Gasteiger partial charge in [-0.1, -0.05) is 82.9 Å². The summed E-state index contributed by atoms with van der Waals surface area (Å²) in [6.07, 6.45) is 13.4. The van der Waals surface area contributed by atoms with Gasteiger partial charge in [-0.05, 0) is 18.6 Å². The third kappa shape index (κ3) is 11.0. The second-order valence-electron chi connectivity index (χ2n) is 11.1. The summed E-state index contributed by atoms with van der Waals surface area (Å²) in [4.78, 5) is 0.238. The summed E-state index contributed by atoms with van der Waals surface area (Å²) in [5, 5.41) is 4.47. The molecule has 0 aliphatic heterocycles. The third-order valence-electron chi connectivity index (χ3n) is 8.10. The van der Waals surface area contributed by atoms with Crippen LogP contribution < -0.4 is 15.9 Å². The monoisotopic (exact) mass is 618 g/mol. The Labute approximate surface area is 262 Å². The minimum absolute atomic E-state index is 0.238. The van der Waals surface area contributed by atoms with E-state index in [-0.39, 0.29) is 11.5 Å². The molecule has 4 aromatic carbocycles. The first-order valence-corrected chi connectivity index (χ1v) is 19.8. The van der Waals surface area contributed by atoms with Gasteiger partial charge in [-0.25, -0.2) is 0 Å². The molecule has 4 rings (SSSR count). The van der Waals surface area contributed by atoms with E-state index in [0.717, 1.165) is 12.8 Å². The van der Waals surface area contributed by atoms with E-state index in [1.165, 1.54) is 73.4 Å². The Balaban J connectivity index is 0.000000235. The summed E-state index contributed by atoms with van der Waals surface area (Å²) in [6.45, 7) is 4.85. The SMILES string of the molecule is CCCCCCCCCCCCOS(=O)(=O)c1ccccc1.CC[PH](c1ccccc1)(c1ccccc1)c1ccccc1. The molecule has 0 aliphatic rings. The van der Waals surface area contributed by atoms with Gasteiger partial charge >= 0.3 is 127 Å². The molecule has 0 atom stereocenters. The first-order chi connectivity index (χ1) is 21.0. The molecule has 0 spiro atoms. The number of rotatable bonds is 17. The van der Waals surface area contributed by atoms with E-state index in [1.807, 2.05) is 0 Å². The molecular weight excluding hydrogens is 567 g/mol. The molecule has 0 aliphatic carbocycles. The van der Waals surface area contributed by atoms with Gasteiger partial charge in [-0.15, -0.1) is 0 Å². The van der Waals surface area contributed by atoms with Crippen LogP contribution in [0.2, 0.25) is 0 Å². The summed E-state index contributed by atoms with van der Waals surface area (Å²) < 4.78 is 28.8. The summed E-state index contributed by atoms with van der Waals surface area (Å²) in [5.41, 5.74) is 0. The normalized spacial score (nSPS) is 11.9. The van der Waals surface area contributed by atoms with Gasteiger partial charge in [0.05, 0.1) is 11.5 Å². The maximum absolute atomic E-state index is 11.9. The molecule has 43 heavy (non-hydrogen) atoms. The van der Waals surface area contributed by atoms with Crippen molar-refractivity contribution in [2.75, 3.05) is 12.8 Å². The predicted octanol–water partition coefficient (Wildman–Crippen LogP) is 9.05. The Morgan fingerprint density at radius 2 is 0.837 bits per heavy atom. The van der Waals surface area contributed by atoms with Crippen molar-refractivity contribution in [3.8, 4) is 0 Å². The minimum atomic E-state index is -3.57. The van der Waals surface area contributed by atoms with Crippen LogP contribution in [0.3, 0.4) is 0 Å². The molecule has 0 N–H and O–H groups in total. The number of hydrogen-bond donors (Lipinski definition) is 0. The van der Waals surface area contributed by atoms with E-state index in [1.54, 1.807) is 30.3 Å². The molecule has 3 nitrogen and oxygen atoms in total. The van der Waals surface area contributed by atoms with E-state index in [9.17, 15) is 8.42 Å². The van der Waals surface area contributed by atoms with Crippen LogP contribution in [0.5, 0.6) is 0 Å². The van der Waals surface area contributed by atoms with E-state index >= 15 is 0 Å². The van der Waals surface area contributed by atoms with E-state index < -0.39 is 17.4 Å². The molecule has 0 amide bonds. The van der Waals surface area contributed by atoms with Crippen molar-refractivity contribution in [2.24, 2.45) is 0 Å². The van der Waals surface area contributed by atoms with Gasteiger partial charge in [0.1, 0.15) is 0 Å². The Hall–Kier alpha value is -2.78. The Morgan fingerprint density at radius 1 is 0.488 bits per heavy atom. The fraction of sp³-hybridized carbons (Fsp3) is 0.368. The maximum atomic E-state index is 11.9. The van der Waals surface area contributed by atoms with E-state index in [0.29, 0.717) is 0 Å². The van der Waals surface area contributed by atoms with Crippen molar-refractivity contribution in [3.63, 3.8) is 0 Å². The van der Waals surface area contributed by atoms with Crippen LogP contribution in [-0.4, -0.2) is 21.2 Å². The van der Waals surface area contributed by atoms with Crippen LogP contribution in [0.15, 0.2) is 126 Å². The number of benzene rings is 4. The van der Waals surface area contributed by atoms with E-state index in [4.69, 9.17) is 4.18 Å². The fourth-order valence-corrected chi connectivity index (χ4v) is 11.2. The van der Waals surface area contributed by atoms with Gasteiger partial charge in [-0.3, -0.25) is 4.18 Å². The quantitative estimate of drug-likeness (QED) is 0.0674. The summed E-state index contributed by atoms with van der Waals surface area (Å²) >= 11 is 0. The van der Waals surface area contributed by atoms with Crippen molar-refractivity contribution >= 4 is 33.3 Å². The van der Waals surface area contributed by atoms with E-state index in [2.05, 4.69) is 105 Å². The number of unbranched alkanes of at least 4 members (excludes halogenated alkanes) is 9. The molecular formula is C38H51O3PS. The van der Waals surface area contributed by atoms with Crippen LogP contribution in [0, 0.1) is 0 Å². The number of hydrogen-bond acceptors (Lipinski definition) is 3. The Bertz CT molecular complexity index is 1270. The van der Waals surface area contributed by atoms with Crippen LogP contribution >= 0.6 is 7.26 Å².